The molecule has 0 bridgehead atoms. The topological polar surface area (TPSA) is 26.3 Å². The van der Waals surface area contributed by atoms with Gasteiger partial charge >= 0.3 is 5.97 Å². The molecule has 0 heterocycles. The van der Waals surface area contributed by atoms with Crippen LogP contribution >= 0.6 is 11.6 Å². The van der Waals surface area contributed by atoms with E-state index in [1.54, 1.807) is 6.92 Å². The van der Waals surface area contributed by atoms with Crippen LogP contribution in [0.4, 0.5) is 0 Å². The van der Waals surface area contributed by atoms with Gasteiger partial charge in [-0.2, -0.15) is 0 Å². The summed E-state index contributed by atoms with van der Waals surface area (Å²) in [7, 11) is 0. The van der Waals surface area contributed by atoms with Gasteiger partial charge in [-0.25, -0.2) is 0 Å². The van der Waals surface area contributed by atoms with Gasteiger partial charge in [-0.3, -0.25) is 4.79 Å². The molecule has 0 rings (SSSR count). The van der Waals surface area contributed by atoms with Crippen LogP contribution in [0.3, 0.4) is 0 Å². The third kappa shape index (κ3) is 13.8. The summed E-state index contributed by atoms with van der Waals surface area (Å²) >= 11 is 5.56. The van der Waals surface area contributed by atoms with E-state index in [1.165, 1.54) is 51.4 Å². The molecule has 0 amide bonds. The Labute approximate surface area is 117 Å². The van der Waals surface area contributed by atoms with E-state index in [0.717, 1.165) is 12.8 Å². The van der Waals surface area contributed by atoms with Crippen molar-refractivity contribution in [3.63, 3.8) is 0 Å². The van der Waals surface area contributed by atoms with Crippen molar-refractivity contribution in [3.8, 4) is 0 Å². The second-order valence-electron chi connectivity index (χ2n) is 4.96. The third-order valence-corrected chi connectivity index (χ3v) is 3.12. The van der Waals surface area contributed by atoms with Crippen molar-refractivity contribution in [2.75, 3.05) is 0 Å². The highest BCUT2D eigenvalue weighted by Crippen LogP contribution is 2.11. The number of carbonyl (C=O) groups excluding carboxylic acids is 1. The molecule has 0 radical (unpaired) electrons. The molecule has 3 heteroatoms. The maximum Gasteiger partial charge on any atom is 0.307 e. The van der Waals surface area contributed by atoms with Gasteiger partial charge in [0, 0.05) is 6.42 Å². The number of esters is 1. The number of carbonyl (C=O) groups is 1. The van der Waals surface area contributed by atoms with Crippen LogP contribution < -0.4 is 0 Å². The molecule has 0 saturated carbocycles. The quantitative estimate of drug-likeness (QED) is 0.270. The zero-order chi connectivity index (χ0) is 13.6. The molecule has 0 aliphatic heterocycles. The summed E-state index contributed by atoms with van der Waals surface area (Å²) in [5.74, 6) is -0.169. The Balaban J connectivity index is 3.09. The minimum atomic E-state index is -0.499. The van der Waals surface area contributed by atoms with E-state index in [-0.39, 0.29) is 5.97 Å². The molecule has 0 aliphatic rings. The Kier molecular flexibility index (Phi) is 13.0. The van der Waals surface area contributed by atoms with Crippen molar-refractivity contribution in [3.05, 3.63) is 0 Å². The first-order valence-electron chi connectivity index (χ1n) is 7.50. The van der Waals surface area contributed by atoms with E-state index in [9.17, 15) is 4.79 Å². The van der Waals surface area contributed by atoms with E-state index in [1.807, 2.05) is 0 Å². The van der Waals surface area contributed by atoms with Crippen molar-refractivity contribution < 1.29 is 9.53 Å². The zero-order valence-corrected chi connectivity index (χ0v) is 12.8. The fourth-order valence-electron chi connectivity index (χ4n) is 2.00. The van der Waals surface area contributed by atoms with Gasteiger partial charge in [0.2, 0.25) is 0 Å². The SMILES string of the molecule is CCCCCCCCCCCCC(=O)OC(C)Cl. The van der Waals surface area contributed by atoms with Gasteiger partial charge in [0.05, 0.1) is 0 Å². The Morgan fingerprint density at radius 1 is 0.944 bits per heavy atom. The number of hydrogen-bond acceptors (Lipinski definition) is 2. The molecule has 0 aliphatic carbocycles. The van der Waals surface area contributed by atoms with Crippen LogP contribution in [0.2, 0.25) is 0 Å². The molecule has 1 atom stereocenters. The maximum absolute atomic E-state index is 11.2. The molecule has 0 fully saturated rings. The molecule has 108 valence electrons. The molecule has 0 N–H and O–H groups in total. The molecule has 0 aromatic rings. The van der Waals surface area contributed by atoms with Gasteiger partial charge in [-0.05, 0) is 13.3 Å². The van der Waals surface area contributed by atoms with E-state index >= 15 is 0 Å². The Hall–Kier alpha value is -0.240. The summed E-state index contributed by atoms with van der Waals surface area (Å²) in [6.07, 6.45) is 13.3. The fraction of sp³-hybridized carbons (Fsp3) is 0.933. The summed E-state index contributed by atoms with van der Waals surface area (Å²) < 4.78 is 4.86. The predicted molar refractivity (Wildman–Crippen MR) is 77.9 cm³/mol. The van der Waals surface area contributed by atoms with Crippen molar-refractivity contribution in [1.29, 1.82) is 0 Å². The maximum atomic E-state index is 11.2. The molecular weight excluding hydrogens is 248 g/mol. The van der Waals surface area contributed by atoms with Crippen LogP contribution in [0, 0.1) is 0 Å². The molecule has 18 heavy (non-hydrogen) atoms. The van der Waals surface area contributed by atoms with E-state index in [0.29, 0.717) is 6.42 Å². The Bertz CT molecular complexity index is 193. The lowest BCUT2D eigenvalue weighted by Crippen LogP contribution is -2.08. The second-order valence-corrected chi connectivity index (χ2v) is 5.58. The lowest BCUT2D eigenvalue weighted by molar-refractivity contribution is -0.144. The molecule has 0 aromatic heterocycles. The number of hydrogen-bond donors (Lipinski definition) is 0. The lowest BCUT2D eigenvalue weighted by Gasteiger charge is -2.05. The van der Waals surface area contributed by atoms with Crippen LogP contribution in [0.25, 0.3) is 0 Å². The van der Waals surface area contributed by atoms with Gasteiger partial charge in [0.25, 0.3) is 0 Å². The standard InChI is InChI=1S/C15H29ClO2/c1-3-4-5-6-7-8-9-10-11-12-13-15(17)18-14(2)16/h14H,3-13H2,1-2H3. The third-order valence-electron chi connectivity index (χ3n) is 3.03. The van der Waals surface area contributed by atoms with Gasteiger partial charge < -0.3 is 4.74 Å². The molecular formula is C15H29ClO2. The van der Waals surface area contributed by atoms with Gasteiger partial charge in [-0.15, -0.1) is 0 Å². The van der Waals surface area contributed by atoms with Crippen LogP contribution in [-0.4, -0.2) is 11.5 Å². The number of halogens is 1. The Morgan fingerprint density at radius 2 is 1.39 bits per heavy atom. The predicted octanol–water partition coefficient (Wildman–Crippen LogP) is 5.43. The number of alkyl halides is 1. The Morgan fingerprint density at radius 3 is 1.83 bits per heavy atom. The van der Waals surface area contributed by atoms with Crippen molar-refractivity contribution in [1.82, 2.24) is 0 Å². The minimum absolute atomic E-state index is 0.169. The van der Waals surface area contributed by atoms with Crippen LogP contribution in [0.5, 0.6) is 0 Å². The lowest BCUT2D eigenvalue weighted by atomic mass is 10.1. The number of unbranched alkanes of at least 4 members (excludes halogenated alkanes) is 9. The number of ether oxygens (including phenoxy) is 1. The van der Waals surface area contributed by atoms with E-state index in [4.69, 9.17) is 16.3 Å². The van der Waals surface area contributed by atoms with Crippen LogP contribution in [-0.2, 0) is 9.53 Å². The van der Waals surface area contributed by atoms with Crippen LogP contribution in [0.1, 0.15) is 84.5 Å². The van der Waals surface area contributed by atoms with Gasteiger partial charge in [0.15, 0.2) is 5.56 Å². The summed E-state index contributed by atoms with van der Waals surface area (Å²) in [6.45, 7) is 3.91. The molecule has 0 saturated heterocycles. The molecule has 2 nitrogen and oxygen atoms in total. The summed E-state index contributed by atoms with van der Waals surface area (Å²) in [4.78, 5) is 11.2. The fourth-order valence-corrected chi connectivity index (χ4v) is 2.10. The van der Waals surface area contributed by atoms with Gasteiger partial charge in [0.1, 0.15) is 0 Å². The van der Waals surface area contributed by atoms with E-state index < -0.39 is 5.56 Å². The van der Waals surface area contributed by atoms with Crippen molar-refractivity contribution in [2.24, 2.45) is 0 Å². The summed E-state index contributed by atoms with van der Waals surface area (Å²) in [5.41, 5.74) is -0.499. The van der Waals surface area contributed by atoms with Crippen molar-refractivity contribution >= 4 is 17.6 Å². The average molecular weight is 277 g/mol. The summed E-state index contributed by atoms with van der Waals surface area (Å²) in [5, 5.41) is 0. The first kappa shape index (κ1) is 17.8. The smallest absolute Gasteiger partial charge is 0.307 e. The molecule has 1 unspecified atom stereocenters. The van der Waals surface area contributed by atoms with Gasteiger partial charge in [-0.1, -0.05) is 76.3 Å². The van der Waals surface area contributed by atoms with E-state index in [2.05, 4.69) is 6.92 Å². The molecule has 0 spiro atoms. The van der Waals surface area contributed by atoms with Crippen molar-refractivity contribution in [2.45, 2.75) is 90.0 Å². The monoisotopic (exact) mass is 276 g/mol. The zero-order valence-electron chi connectivity index (χ0n) is 12.0. The largest absolute Gasteiger partial charge is 0.446 e. The highest BCUT2D eigenvalue weighted by molar-refractivity contribution is 6.19. The minimum Gasteiger partial charge on any atom is -0.446 e. The normalized spacial score (nSPS) is 12.4. The first-order valence-corrected chi connectivity index (χ1v) is 7.94. The second kappa shape index (κ2) is 13.2. The average Bonchev–Trinajstić information content (AvgIpc) is 2.30. The molecule has 0 aromatic carbocycles. The first-order chi connectivity index (χ1) is 8.66. The highest BCUT2D eigenvalue weighted by atomic mass is 35.5. The summed E-state index contributed by atoms with van der Waals surface area (Å²) in [6, 6.07) is 0. The van der Waals surface area contributed by atoms with Crippen LogP contribution in [0.15, 0.2) is 0 Å². The highest BCUT2D eigenvalue weighted by Gasteiger charge is 2.05. The number of rotatable bonds is 12.